The molecular formula is C15H29N. The molecule has 0 spiro atoms. The Kier molecular flexibility index (Phi) is 5.15. The molecule has 1 heteroatoms. The number of hydrogen-bond donors (Lipinski definition) is 1. The Balaban J connectivity index is 1.81. The molecule has 16 heavy (non-hydrogen) atoms. The van der Waals surface area contributed by atoms with Crippen molar-refractivity contribution in [3.63, 3.8) is 0 Å². The van der Waals surface area contributed by atoms with E-state index in [0.717, 1.165) is 17.9 Å². The van der Waals surface area contributed by atoms with Crippen molar-refractivity contribution in [3.8, 4) is 0 Å². The van der Waals surface area contributed by atoms with Crippen LogP contribution in [0.1, 0.15) is 70.6 Å². The second-order valence-electron chi connectivity index (χ2n) is 6.03. The van der Waals surface area contributed by atoms with Crippen molar-refractivity contribution in [2.75, 3.05) is 7.05 Å². The molecule has 0 bridgehead atoms. The predicted molar refractivity (Wildman–Crippen MR) is 70.6 cm³/mol. The molecule has 94 valence electrons. The number of nitrogens with one attached hydrogen (secondary N) is 1. The fourth-order valence-corrected chi connectivity index (χ4v) is 3.86. The van der Waals surface area contributed by atoms with Gasteiger partial charge in [-0.1, -0.05) is 51.4 Å². The molecule has 2 rings (SSSR count). The Bertz CT molecular complexity index is 176. The van der Waals surface area contributed by atoms with Crippen LogP contribution in [0.5, 0.6) is 0 Å². The molecule has 2 saturated carbocycles. The highest BCUT2D eigenvalue weighted by atomic mass is 14.9. The summed E-state index contributed by atoms with van der Waals surface area (Å²) < 4.78 is 0. The largest absolute Gasteiger partial charge is 0.317 e. The first-order chi connectivity index (χ1) is 7.90. The standard InChI is InChI=1S/C15H29N/c1-16-15(12-13-8-6-7-9-13)14-10-4-2-3-5-11-14/h13-16H,2-12H2,1H3. The topological polar surface area (TPSA) is 12.0 Å². The number of hydrogen-bond acceptors (Lipinski definition) is 1. The molecule has 1 nitrogen and oxygen atoms in total. The Hall–Kier alpha value is -0.0400. The molecule has 2 aliphatic rings. The molecule has 0 aliphatic heterocycles. The number of rotatable bonds is 4. The molecule has 0 aromatic heterocycles. The van der Waals surface area contributed by atoms with E-state index in [9.17, 15) is 0 Å². The molecule has 0 radical (unpaired) electrons. The van der Waals surface area contributed by atoms with Crippen LogP contribution in [0.15, 0.2) is 0 Å². The van der Waals surface area contributed by atoms with Gasteiger partial charge >= 0.3 is 0 Å². The average Bonchev–Trinajstić information content (AvgIpc) is 2.67. The summed E-state index contributed by atoms with van der Waals surface area (Å²) in [5, 5.41) is 3.63. The van der Waals surface area contributed by atoms with Crippen LogP contribution in [-0.4, -0.2) is 13.1 Å². The Morgan fingerprint density at radius 3 is 2.00 bits per heavy atom. The van der Waals surface area contributed by atoms with Crippen LogP contribution < -0.4 is 5.32 Å². The molecule has 0 aromatic rings. The van der Waals surface area contributed by atoms with Crippen molar-refractivity contribution in [2.24, 2.45) is 11.8 Å². The van der Waals surface area contributed by atoms with E-state index in [1.807, 2.05) is 0 Å². The molecule has 1 atom stereocenters. The zero-order valence-corrected chi connectivity index (χ0v) is 11.0. The Labute approximate surface area is 101 Å². The zero-order valence-electron chi connectivity index (χ0n) is 11.0. The summed E-state index contributed by atoms with van der Waals surface area (Å²) in [6.07, 6.45) is 16.3. The van der Waals surface area contributed by atoms with Gasteiger partial charge in [0, 0.05) is 6.04 Å². The Morgan fingerprint density at radius 1 is 0.875 bits per heavy atom. The summed E-state index contributed by atoms with van der Waals surface area (Å²) in [4.78, 5) is 0. The van der Waals surface area contributed by atoms with Crippen LogP contribution >= 0.6 is 0 Å². The monoisotopic (exact) mass is 223 g/mol. The van der Waals surface area contributed by atoms with Crippen molar-refractivity contribution in [2.45, 2.75) is 76.7 Å². The molecule has 0 saturated heterocycles. The lowest BCUT2D eigenvalue weighted by molar-refractivity contribution is 0.281. The first-order valence-electron chi connectivity index (χ1n) is 7.57. The lowest BCUT2D eigenvalue weighted by atomic mass is 9.85. The van der Waals surface area contributed by atoms with E-state index in [-0.39, 0.29) is 0 Å². The SMILES string of the molecule is CNC(CC1CCCC1)C1CCCCCC1. The van der Waals surface area contributed by atoms with Crippen LogP contribution in [0.3, 0.4) is 0 Å². The highest BCUT2D eigenvalue weighted by Gasteiger charge is 2.25. The smallest absolute Gasteiger partial charge is 0.00949 e. The van der Waals surface area contributed by atoms with E-state index in [0.29, 0.717) is 0 Å². The van der Waals surface area contributed by atoms with E-state index in [1.54, 1.807) is 0 Å². The van der Waals surface area contributed by atoms with Gasteiger partial charge in [0.15, 0.2) is 0 Å². The minimum absolute atomic E-state index is 0.821. The maximum Gasteiger partial charge on any atom is 0.00949 e. The summed E-state index contributed by atoms with van der Waals surface area (Å²) >= 11 is 0. The van der Waals surface area contributed by atoms with Crippen molar-refractivity contribution >= 4 is 0 Å². The first-order valence-corrected chi connectivity index (χ1v) is 7.57. The van der Waals surface area contributed by atoms with Gasteiger partial charge in [-0.15, -0.1) is 0 Å². The molecule has 0 aromatic carbocycles. The first kappa shape index (κ1) is 12.4. The van der Waals surface area contributed by atoms with Crippen LogP contribution in [0.2, 0.25) is 0 Å². The van der Waals surface area contributed by atoms with Gasteiger partial charge in [0.25, 0.3) is 0 Å². The maximum absolute atomic E-state index is 3.63. The van der Waals surface area contributed by atoms with E-state index in [1.165, 1.54) is 70.6 Å². The Morgan fingerprint density at radius 2 is 1.44 bits per heavy atom. The second kappa shape index (κ2) is 6.64. The summed E-state index contributed by atoms with van der Waals surface area (Å²) in [6.45, 7) is 0. The van der Waals surface area contributed by atoms with Gasteiger partial charge in [-0.2, -0.15) is 0 Å². The van der Waals surface area contributed by atoms with Crippen molar-refractivity contribution in [1.82, 2.24) is 5.32 Å². The fourth-order valence-electron chi connectivity index (χ4n) is 3.86. The minimum atomic E-state index is 0.821. The minimum Gasteiger partial charge on any atom is -0.317 e. The van der Waals surface area contributed by atoms with Gasteiger partial charge < -0.3 is 5.32 Å². The van der Waals surface area contributed by atoms with E-state index in [4.69, 9.17) is 0 Å². The molecule has 0 heterocycles. The summed E-state index contributed by atoms with van der Waals surface area (Å²) in [6, 6.07) is 0.821. The van der Waals surface area contributed by atoms with Gasteiger partial charge in [-0.3, -0.25) is 0 Å². The van der Waals surface area contributed by atoms with E-state index < -0.39 is 0 Å². The van der Waals surface area contributed by atoms with Gasteiger partial charge in [0.05, 0.1) is 0 Å². The molecule has 2 fully saturated rings. The van der Waals surface area contributed by atoms with Crippen LogP contribution in [0.25, 0.3) is 0 Å². The third-order valence-corrected chi connectivity index (χ3v) is 4.90. The summed E-state index contributed by atoms with van der Waals surface area (Å²) in [5.41, 5.74) is 0. The maximum atomic E-state index is 3.63. The highest BCUT2D eigenvalue weighted by Crippen LogP contribution is 2.33. The van der Waals surface area contributed by atoms with Crippen LogP contribution in [-0.2, 0) is 0 Å². The third-order valence-electron chi connectivity index (χ3n) is 4.90. The quantitative estimate of drug-likeness (QED) is 0.707. The molecule has 1 unspecified atom stereocenters. The lowest BCUT2D eigenvalue weighted by Gasteiger charge is -2.28. The summed E-state index contributed by atoms with van der Waals surface area (Å²) in [5.74, 6) is 2.02. The fraction of sp³-hybridized carbons (Fsp3) is 1.00. The molecule has 0 amide bonds. The normalized spacial score (nSPS) is 26.8. The van der Waals surface area contributed by atoms with Crippen LogP contribution in [0.4, 0.5) is 0 Å². The average molecular weight is 223 g/mol. The van der Waals surface area contributed by atoms with Gasteiger partial charge in [0.1, 0.15) is 0 Å². The van der Waals surface area contributed by atoms with E-state index in [2.05, 4.69) is 12.4 Å². The van der Waals surface area contributed by atoms with Gasteiger partial charge in [-0.05, 0) is 38.1 Å². The second-order valence-corrected chi connectivity index (χ2v) is 6.03. The molecular weight excluding hydrogens is 194 g/mol. The zero-order chi connectivity index (χ0) is 11.2. The van der Waals surface area contributed by atoms with Gasteiger partial charge in [0.2, 0.25) is 0 Å². The molecule has 2 aliphatic carbocycles. The van der Waals surface area contributed by atoms with E-state index >= 15 is 0 Å². The highest BCUT2D eigenvalue weighted by molar-refractivity contribution is 4.81. The lowest BCUT2D eigenvalue weighted by Crippen LogP contribution is -2.35. The summed E-state index contributed by atoms with van der Waals surface area (Å²) in [7, 11) is 2.19. The predicted octanol–water partition coefficient (Wildman–Crippen LogP) is 4.13. The van der Waals surface area contributed by atoms with Crippen molar-refractivity contribution < 1.29 is 0 Å². The molecule has 1 N–H and O–H groups in total. The van der Waals surface area contributed by atoms with Crippen molar-refractivity contribution in [1.29, 1.82) is 0 Å². The van der Waals surface area contributed by atoms with Gasteiger partial charge in [-0.25, -0.2) is 0 Å². The third kappa shape index (κ3) is 3.48. The van der Waals surface area contributed by atoms with Crippen LogP contribution in [0, 0.1) is 11.8 Å². The van der Waals surface area contributed by atoms with Crippen molar-refractivity contribution in [3.05, 3.63) is 0 Å².